The van der Waals surface area contributed by atoms with Crippen molar-refractivity contribution in [2.24, 2.45) is 5.92 Å². The van der Waals surface area contributed by atoms with Crippen molar-refractivity contribution in [1.29, 1.82) is 0 Å². The molecule has 0 bridgehead atoms. The summed E-state index contributed by atoms with van der Waals surface area (Å²) in [6.45, 7) is 1.88. The number of hydrogen-bond acceptors (Lipinski definition) is 3. The molecule has 5 heteroatoms. The van der Waals surface area contributed by atoms with E-state index in [-0.39, 0.29) is 17.9 Å². The van der Waals surface area contributed by atoms with Gasteiger partial charge in [-0.25, -0.2) is 0 Å². The largest absolute Gasteiger partial charge is 0.370 e. The van der Waals surface area contributed by atoms with Crippen LogP contribution >= 0.6 is 0 Å². The van der Waals surface area contributed by atoms with Crippen molar-refractivity contribution < 1.29 is 9.53 Å². The van der Waals surface area contributed by atoms with Crippen molar-refractivity contribution in [2.45, 2.75) is 31.9 Å². The second-order valence-corrected chi connectivity index (χ2v) is 7.95. The van der Waals surface area contributed by atoms with Gasteiger partial charge in [-0.1, -0.05) is 54.6 Å². The molecule has 5 nitrogen and oxygen atoms in total. The predicted octanol–water partition coefficient (Wildman–Crippen LogP) is 3.08. The van der Waals surface area contributed by atoms with Crippen LogP contribution in [0.5, 0.6) is 0 Å². The number of carbonyl (C=O) groups is 1. The van der Waals surface area contributed by atoms with E-state index in [0.717, 1.165) is 31.5 Å². The molecule has 1 aromatic heterocycles. The molecule has 0 spiro atoms. The van der Waals surface area contributed by atoms with Crippen LogP contribution in [0.4, 0.5) is 0 Å². The van der Waals surface area contributed by atoms with Crippen molar-refractivity contribution in [3.05, 3.63) is 88.7 Å². The molecule has 2 aliphatic rings. The Bertz CT molecular complexity index is 987. The van der Waals surface area contributed by atoms with E-state index in [2.05, 4.69) is 35.8 Å². The Morgan fingerprint density at radius 2 is 1.76 bits per heavy atom. The Labute approximate surface area is 170 Å². The molecule has 1 atom stereocenters. The van der Waals surface area contributed by atoms with Crippen LogP contribution in [0.15, 0.2) is 60.8 Å². The second kappa shape index (κ2) is 7.84. The number of fused-ring (bicyclic) bond motifs is 2. The molecule has 1 amide bonds. The molecule has 2 heterocycles. The third-order valence-electron chi connectivity index (χ3n) is 5.94. The highest BCUT2D eigenvalue weighted by molar-refractivity contribution is 5.80. The number of amides is 1. The van der Waals surface area contributed by atoms with E-state index in [1.807, 2.05) is 35.0 Å². The van der Waals surface area contributed by atoms with Crippen LogP contribution in [0.25, 0.3) is 0 Å². The minimum atomic E-state index is -0.177. The fraction of sp³-hybridized carbons (Fsp3) is 0.333. The molecule has 1 aliphatic heterocycles. The molecule has 1 N–H and O–H groups in total. The van der Waals surface area contributed by atoms with E-state index in [1.54, 1.807) is 0 Å². The lowest BCUT2D eigenvalue weighted by atomic mass is 10.0. The zero-order valence-electron chi connectivity index (χ0n) is 16.4. The molecule has 0 saturated carbocycles. The van der Waals surface area contributed by atoms with Crippen LogP contribution in [0.2, 0.25) is 0 Å². The number of rotatable bonds is 5. The van der Waals surface area contributed by atoms with E-state index < -0.39 is 0 Å². The minimum absolute atomic E-state index is 0.0195. The first-order valence-electron chi connectivity index (χ1n) is 10.3. The van der Waals surface area contributed by atoms with Gasteiger partial charge >= 0.3 is 0 Å². The first-order valence-corrected chi connectivity index (χ1v) is 10.3. The van der Waals surface area contributed by atoms with Gasteiger partial charge in [-0.3, -0.25) is 9.48 Å². The molecule has 0 unspecified atom stereocenters. The summed E-state index contributed by atoms with van der Waals surface area (Å²) in [6, 6.07) is 18.7. The summed E-state index contributed by atoms with van der Waals surface area (Å²) in [4.78, 5) is 12.7. The summed E-state index contributed by atoms with van der Waals surface area (Å²) in [5.74, 6) is 0.131. The summed E-state index contributed by atoms with van der Waals surface area (Å²) in [5, 5.41) is 7.89. The third kappa shape index (κ3) is 3.83. The van der Waals surface area contributed by atoms with E-state index in [1.165, 1.54) is 22.3 Å². The molecule has 0 fully saturated rings. The first-order chi connectivity index (χ1) is 14.3. The zero-order chi connectivity index (χ0) is 19.6. The highest BCUT2D eigenvalue weighted by atomic mass is 16.5. The molecule has 148 valence electrons. The van der Waals surface area contributed by atoms with Gasteiger partial charge in [0.1, 0.15) is 6.10 Å². The number of ether oxygens (including phenoxy) is 1. The van der Waals surface area contributed by atoms with Crippen LogP contribution in [0, 0.1) is 5.92 Å². The maximum atomic E-state index is 12.7. The molecule has 1 aliphatic carbocycles. The van der Waals surface area contributed by atoms with Crippen molar-refractivity contribution in [3.8, 4) is 0 Å². The Morgan fingerprint density at radius 1 is 1.03 bits per heavy atom. The Hall–Kier alpha value is -2.92. The van der Waals surface area contributed by atoms with Crippen molar-refractivity contribution in [1.82, 2.24) is 15.1 Å². The SMILES string of the molecule is O=C(NC[C@@H]1OCCc2cn(Cc3ccccc3)nc21)C1Cc2ccccc2C1. The monoisotopic (exact) mass is 387 g/mol. The lowest BCUT2D eigenvalue weighted by Gasteiger charge is -2.23. The number of carbonyl (C=O) groups excluding carboxylic acids is 1. The lowest BCUT2D eigenvalue weighted by molar-refractivity contribution is -0.125. The normalized spacial score (nSPS) is 18.3. The maximum Gasteiger partial charge on any atom is 0.223 e. The highest BCUT2D eigenvalue weighted by Crippen LogP contribution is 2.28. The second-order valence-electron chi connectivity index (χ2n) is 7.95. The molecule has 0 saturated heterocycles. The summed E-state index contributed by atoms with van der Waals surface area (Å²) < 4.78 is 7.94. The van der Waals surface area contributed by atoms with Crippen LogP contribution in [-0.4, -0.2) is 28.8 Å². The van der Waals surface area contributed by atoms with Crippen molar-refractivity contribution >= 4 is 5.91 Å². The molecule has 5 rings (SSSR count). The predicted molar refractivity (Wildman–Crippen MR) is 111 cm³/mol. The van der Waals surface area contributed by atoms with Crippen LogP contribution in [0.3, 0.4) is 0 Å². The average Bonchev–Trinajstić information content (AvgIpc) is 3.36. The van der Waals surface area contributed by atoms with E-state index in [9.17, 15) is 4.79 Å². The van der Waals surface area contributed by atoms with Crippen molar-refractivity contribution in [2.75, 3.05) is 13.2 Å². The van der Waals surface area contributed by atoms with Crippen LogP contribution in [-0.2, 0) is 35.3 Å². The Kier molecular flexibility index (Phi) is 4.90. The van der Waals surface area contributed by atoms with Gasteiger partial charge in [-0.05, 0) is 41.5 Å². The van der Waals surface area contributed by atoms with Gasteiger partial charge in [0.05, 0.1) is 18.8 Å². The summed E-state index contributed by atoms with van der Waals surface area (Å²) in [7, 11) is 0. The maximum absolute atomic E-state index is 12.7. The van der Waals surface area contributed by atoms with E-state index >= 15 is 0 Å². The fourth-order valence-electron chi connectivity index (χ4n) is 4.42. The minimum Gasteiger partial charge on any atom is -0.370 e. The molecular formula is C24H25N3O2. The van der Waals surface area contributed by atoms with Gasteiger partial charge in [-0.15, -0.1) is 0 Å². The van der Waals surface area contributed by atoms with Crippen LogP contribution < -0.4 is 5.32 Å². The average molecular weight is 387 g/mol. The number of nitrogens with one attached hydrogen (secondary N) is 1. The lowest BCUT2D eigenvalue weighted by Crippen LogP contribution is -2.36. The van der Waals surface area contributed by atoms with Crippen LogP contribution in [0.1, 0.15) is 34.1 Å². The van der Waals surface area contributed by atoms with Gasteiger partial charge in [0, 0.05) is 18.7 Å². The topological polar surface area (TPSA) is 56.1 Å². The van der Waals surface area contributed by atoms with Gasteiger partial charge < -0.3 is 10.1 Å². The number of benzene rings is 2. The molecule has 3 aromatic rings. The summed E-state index contributed by atoms with van der Waals surface area (Å²) >= 11 is 0. The highest BCUT2D eigenvalue weighted by Gasteiger charge is 2.29. The van der Waals surface area contributed by atoms with Gasteiger partial charge in [-0.2, -0.15) is 5.10 Å². The number of nitrogens with zero attached hydrogens (tertiary/aromatic N) is 2. The van der Waals surface area contributed by atoms with Gasteiger partial charge in [0.25, 0.3) is 0 Å². The first kappa shape index (κ1) is 18.1. The third-order valence-corrected chi connectivity index (χ3v) is 5.94. The molecule has 29 heavy (non-hydrogen) atoms. The van der Waals surface area contributed by atoms with E-state index in [4.69, 9.17) is 9.84 Å². The van der Waals surface area contributed by atoms with E-state index in [0.29, 0.717) is 13.2 Å². The Balaban J connectivity index is 1.22. The standard InChI is InChI=1S/C24H25N3O2/c28-24(21-12-18-8-4-5-9-19(18)13-21)25-14-22-23-20(10-11-29-22)16-27(26-23)15-17-6-2-1-3-7-17/h1-9,16,21-22H,10-15H2,(H,25,28)/t22-/m0/s1. The molecular weight excluding hydrogens is 362 g/mol. The smallest absolute Gasteiger partial charge is 0.223 e. The summed E-state index contributed by atoms with van der Waals surface area (Å²) in [6.07, 6.45) is 4.46. The zero-order valence-corrected chi connectivity index (χ0v) is 16.4. The van der Waals surface area contributed by atoms with Gasteiger partial charge in [0.15, 0.2) is 0 Å². The summed E-state index contributed by atoms with van der Waals surface area (Å²) in [5.41, 5.74) is 5.99. The Morgan fingerprint density at radius 3 is 2.52 bits per heavy atom. The molecule has 2 aromatic carbocycles. The van der Waals surface area contributed by atoms with Crippen molar-refractivity contribution in [3.63, 3.8) is 0 Å². The fourth-order valence-corrected chi connectivity index (χ4v) is 4.42. The quantitative estimate of drug-likeness (QED) is 0.732. The van der Waals surface area contributed by atoms with Gasteiger partial charge in [0.2, 0.25) is 5.91 Å². The number of aromatic nitrogens is 2. The molecule has 0 radical (unpaired) electrons. The number of hydrogen-bond donors (Lipinski definition) is 1.